The van der Waals surface area contributed by atoms with Crippen LogP contribution in [0.2, 0.25) is 0 Å². The number of anilines is 1. The molecule has 1 heterocycles. The van der Waals surface area contributed by atoms with Gasteiger partial charge in [-0.3, -0.25) is 4.79 Å². The van der Waals surface area contributed by atoms with Gasteiger partial charge in [0.25, 0.3) is 0 Å². The molecule has 0 aliphatic rings. The van der Waals surface area contributed by atoms with Crippen LogP contribution in [0.15, 0.2) is 109 Å². The summed E-state index contributed by atoms with van der Waals surface area (Å²) in [6.45, 7) is 2.62. The van der Waals surface area contributed by atoms with Crippen molar-refractivity contribution < 1.29 is 14.6 Å². The lowest BCUT2D eigenvalue weighted by Gasteiger charge is -2.15. The summed E-state index contributed by atoms with van der Waals surface area (Å²) < 4.78 is 7.16. The molecular formula is C33H31N3O3. The Hall–Kier alpha value is -4.68. The maximum Gasteiger partial charge on any atom is 0.325 e. The molecule has 0 saturated carbocycles. The average Bonchev–Trinajstić information content (AvgIpc) is 3.36. The molecule has 4 aromatic carbocycles. The Morgan fingerprint density at radius 3 is 2.15 bits per heavy atom. The van der Waals surface area contributed by atoms with Crippen molar-refractivity contribution in [2.75, 3.05) is 25.1 Å². The summed E-state index contributed by atoms with van der Waals surface area (Å²) in [7, 11) is 0. The third kappa shape index (κ3) is 5.76. The lowest BCUT2D eigenvalue weighted by Crippen LogP contribution is -2.16. The molecule has 0 unspecified atom stereocenters. The highest BCUT2D eigenvalue weighted by Crippen LogP contribution is 2.39. The van der Waals surface area contributed by atoms with Crippen LogP contribution in [0.25, 0.3) is 45.0 Å². The highest BCUT2D eigenvalue weighted by atomic mass is 16.5. The Balaban J connectivity index is 1.65. The summed E-state index contributed by atoms with van der Waals surface area (Å²) in [5, 5.41) is 13.3. The summed E-state index contributed by atoms with van der Waals surface area (Å²) in [6.07, 6.45) is 0. The zero-order chi connectivity index (χ0) is 27.0. The van der Waals surface area contributed by atoms with Crippen LogP contribution in [-0.2, 0) is 16.1 Å². The molecule has 1 aromatic heterocycles. The Kier molecular flexibility index (Phi) is 8.15. The van der Waals surface area contributed by atoms with E-state index < -0.39 is 0 Å². The maximum absolute atomic E-state index is 11.9. The highest BCUT2D eigenvalue weighted by Gasteiger charge is 2.22. The minimum atomic E-state index is -0.295. The second-order valence-electron chi connectivity index (χ2n) is 9.02. The molecule has 6 heteroatoms. The first-order valence-electron chi connectivity index (χ1n) is 13.1. The monoisotopic (exact) mass is 517 g/mol. The number of aromatic nitrogens is 2. The van der Waals surface area contributed by atoms with E-state index in [2.05, 4.69) is 46.3 Å². The number of nitrogens with zero attached hydrogens (tertiary/aromatic N) is 2. The van der Waals surface area contributed by atoms with Crippen molar-refractivity contribution in [1.82, 2.24) is 9.55 Å². The smallest absolute Gasteiger partial charge is 0.325 e. The second kappa shape index (κ2) is 12.2. The topological polar surface area (TPSA) is 76.4 Å². The summed E-state index contributed by atoms with van der Waals surface area (Å²) >= 11 is 0. The molecule has 0 radical (unpaired) electrons. The van der Waals surface area contributed by atoms with Crippen LogP contribution in [0.1, 0.15) is 6.92 Å². The van der Waals surface area contributed by atoms with Gasteiger partial charge in [0.1, 0.15) is 12.4 Å². The lowest BCUT2D eigenvalue weighted by atomic mass is 9.98. The van der Waals surface area contributed by atoms with Crippen LogP contribution in [0, 0.1) is 0 Å². The van der Waals surface area contributed by atoms with E-state index in [1.807, 2.05) is 72.8 Å². The fourth-order valence-corrected chi connectivity index (χ4v) is 4.77. The summed E-state index contributed by atoms with van der Waals surface area (Å²) in [5.41, 5.74) is 7.64. The van der Waals surface area contributed by atoms with Gasteiger partial charge >= 0.3 is 5.97 Å². The Bertz CT molecular complexity index is 1550. The summed E-state index contributed by atoms with van der Waals surface area (Å²) in [5.74, 6) is 0.485. The van der Waals surface area contributed by atoms with Gasteiger partial charge in [0, 0.05) is 28.9 Å². The Morgan fingerprint density at radius 1 is 0.821 bits per heavy atom. The van der Waals surface area contributed by atoms with Gasteiger partial charge in [-0.25, -0.2) is 4.98 Å². The number of carbonyl (C=O) groups excluding carboxylic acids is 1. The molecule has 39 heavy (non-hydrogen) atoms. The molecule has 0 saturated heterocycles. The van der Waals surface area contributed by atoms with Crippen LogP contribution >= 0.6 is 0 Å². The van der Waals surface area contributed by atoms with Crippen LogP contribution in [0.3, 0.4) is 0 Å². The largest absolute Gasteiger partial charge is 0.465 e. The number of ether oxygens (including phenoxy) is 1. The van der Waals surface area contributed by atoms with Gasteiger partial charge in [-0.15, -0.1) is 0 Å². The molecule has 0 fully saturated rings. The van der Waals surface area contributed by atoms with Crippen LogP contribution in [0.4, 0.5) is 5.69 Å². The van der Waals surface area contributed by atoms with E-state index in [-0.39, 0.29) is 19.1 Å². The SMILES string of the molecule is CCOC(=O)CNc1cccc(-c2ccccc2-c2nc(-c3ccccc3)c(-c3ccccc3)n2CCO)c1. The zero-order valence-corrected chi connectivity index (χ0v) is 21.9. The van der Waals surface area contributed by atoms with Gasteiger partial charge in [-0.05, 0) is 30.2 Å². The van der Waals surface area contributed by atoms with Crippen molar-refractivity contribution >= 4 is 11.7 Å². The molecule has 0 atom stereocenters. The predicted octanol–water partition coefficient (Wildman–Crippen LogP) is 6.52. The zero-order valence-electron chi connectivity index (χ0n) is 21.9. The van der Waals surface area contributed by atoms with Crippen LogP contribution in [-0.4, -0.2) is 40.4 Å². The van der Waals surface area contributed by atoms with Crippen molar-refractivity contribution in [3.8, 4) is 45.0 Å². The molecule has 0 amide bonds. The molecule has 2 N–H and O–H groups in total. The second-order valence-corrected chi connectivity index (χ2v) is 9.02. The molecule has 0 spiro atoms. The first-order chi connectivity index (χ1) is 19.2. The molecule has 5 rings (SSSR count). The quantitative estimate of drug-likeness (QED) is 0.206. The van der Waals surface area contributed by atoms with Crippen LogP contribution in [0.5, 0.6) is 0 Å². The number of hydrogen-bond donors (Lipinski definition) is 2. The standard InChI is InChI=1S/C33H31N3O3/c1-2-39-30(38)23-34-27-17-11-16-26(22-27)28-18-9-10-19-29(28)33-35-31(24-12-5-3-6-13-24)32(36(33)20-21-37)25-14-7-4-8-15-25/h3-19,22,34,37H,2,20-21,23H2,1H3. The first-order valence-corrected chi connectivity index (χ1v) is 13.1. The molecule has 5 aromatic rings. The van der Waals surface area contributed by atoms with Crippen molar-refractivity contribution in [2.45, 2.75) is 13.5 Å². The number of nitrogens with one attached hydrogen (secondary N) is 1. The number of esters is 1. The van der Waals surface area contributed by atoms with E-state index in [9.17, 15) is 9.90 Å². The number of benzene rings is 4. The number of imidazole rings is 1. The molecule has 0 aliphatic heterocycles. The van der Waals surface area contributed by atoms with E-state index in [1.165, 1.54) is 0 Å². The Morgan fingerprint density at radius 2 is 1.46 bits per heavy atom. The minimum Gasteiger partial charge on any atom is -0.465 e. The van der Waals surface area contributed by atoms with Crippen molar-refractivity contribution in [3.63, 3.8) is 0 Å². The number of carbonyl (C=O) groups is 1. The fraction of sp³-hybridized carbons (Fsp3) is 0.152. The molecule has 0 bridgehead atoms. The predicted molar refractivity (Wildman–Crippen MR) is 156 cm³/mol. The van der Waals surface area contributed by atoms with E-state index >= 15 is 0 Å². The van der Waals surface area contributed by atoms with Gasteiger partial charge < -0.3 is 19.7 Å². The van der Waals surface area contributed by atoms with E-state index in [1.54, 1.807) is 6.92 Å². The number of aliphatic hydroxyl groups excluding tert-OH is 1. The van der Waals surface area contributed by atoms with Crippen molar-refractivity contribution in [3.05, 3.63) is 109 Å². The lowest BCUT2D eigenvalue weighted by molar-refractivity contribution is -0.140. The molecule has 196 valence electrons. The average molecular weight is 518 g/mol. The molecule has 6 nitrogen and oxygen atoms in total. The van der Waals surface area contributed by atoms with Crippen LogP contribution < -0.4 is 5.32 Å². The highest BCUT2D eigenvalue weighted by molar-refractivity contribution is 5.87. The normalized spacial score (nSPS) is 10.8. The van der Waals surface area contributed by atoms with Crippen molar-refractivity contribution in [2.24, 2.45) is 0 Å². The van der Waals surface area contributed by atoms with Gasteiger partial charge in [0.15, 0.2) is 0 Å². The molecule has 0 aliphatic carbocycles. The van der Waals surface area contributed by atoms with Gasteiger partial charge in [0.2, 0.25) is 0 Å². The fourth-order valence-electron chi connectivity index (χ4n) is 4.77. The Labute approximate surface area is 228 Å². The van der Waals surface area contributed by atoms with E-state index in [4.69, 9.17) is 9.72 Å². The number of hydrogen-bond acceptors (Lipinski definition) is 5. The summed E-state index contributed by atoms with van der Waals surface area (Å²) in [6, 6.07) is 36.4. The first kappa shape index (κ1) is 25.9. The third-order valence-electron chi connectivity index (χ3n) is 6.47. The third-order valence-corrected chi connectivity index (χ3v) is 6.47. The van der Waals surface area contributed by atoms with Gasteiger partial charge in [-0.1, -0.05) is 97.1 Å². The number of aliphatic hydroxyl groups is 1. The number of rotatable bonds is 10. The minimum absolute atomic E-state index is 0.0210. The van der Waals surface area contributed by atoms with Gasteiger partial charge in [-0.2, -0.15) is 0 Å². The van der Waals surface area contributed by atoms with E-state index in [0.717, 1.165) is 50.7 Å². The maximum atomic E-state index is 11.9. The van der Waals surface area contributed by atoms with E-state index in [0.29, 0.717) is 13.2 Å². The molecular weight excluding hydrogens is 486 g/mol. The van der Waals surface area contributed by atoms with Gasteiger partial charge in [0.05, 0.1) is 24.6 Å². The van der Waals surface area contributed by atoms with Crippen molar-refractivity contribution in [1.29, 1.82) is 0 Å². The summed E-state index contributed by atoms with van der Waals surface area (Å²) in [4.78, 5) is 17.1.